The maximum Gasteiger partial charge on any atom is 0.232 e. The molecular weight excluding hydrogens is 191 g/mol. The van der Waals surface area contributed by atoms with Gasteiger partial charge in [0.05, 0.1) is 5.41 Å². The van der Waals surface area contributed by atoms with Crippen molar-refractivity contribution in [1.82, 2.24) is 0 Å². The van der Waals surface area contributed by atoms with Crippen molar-refractivity contribution >= 4 is 16.8 Å². The van der Waals surface area contributed by atoms with Crippen LogP contribution in [0.1, 0.15) is 12.8 Å². The van der Waals surface area contributed by atoms with Crippen molar-refractivity contribution in [3.63, 3.8) is 0 Å². The molecule has 0 bridgehead atoms. The standard InChI is InChI=1S/C10H10ClFO/c1-3-7(8(12)4-2)10(5-6-10)9(11)13/h3-4H,1-2,5-6H2/b8-7-. The van der Waals surface area contributed by atoms with Crippen LogP contribution >= 0.6 is 11.6 Å². The second-order valence-electron chi connectivity index (χ2n) is 3.03. The average molecular weight is 201 g/mol. The van der Waals surface area contributed by atoms with Crippen LogP contribution in [0.2, 0.25) is 0 Å². The van der Waals surface area contributed by atoms with Gasteiger partial charge in [-0.25, -0.2) is 4.39 Å². The number of carbonyl (C=O) groups excluding carboxylic acids is 1. The van der Waals surface area contributed by atoms with Crippen molar-refractivity contribution in [2.24, 2.45) is 5.41 Å². The molecule has 3 heteroatoms. The molecule has 0 amide bonds. The van der Waals surface area contributed by atoms with Crippen LogP contribution in [0.3, 0.4) is 0 Å². The van der Waals surface area contributed by atoms with E-state index in [0.717, 1.165) is 6.08 Å². The van der Waals surface area contributed by atoms with Gasteiger partial charge in [0.15, 0.2) is 0 Å². The van der Waals surface area contributed by atoms with E-state index < -0.39 is 16.5 Å². The molecule has 1 rings (SSSR count). The summed E-state index contributed by atoms with van der Waals surface area (Å²) in [6, 6.07) is 0. The molecule has 1 fully saturated rings. The number of allylic oxidation sites excluding steroid dienone is 4. The minimum Gasteiger partial charge on any atom is -0.280 e. The quantitative estimate of drug-likeness (QED) is 0.503. The van der Waals surface area contributed by atoms with E-state index in [0.29, 0.717) is 12.8 Å². The Hall–Kier alpha value is -0.890. The summed E-state index contributed by atoms with van der Waals surface area (Å²) in [4.78, 5) is 11.0. The first-order valence-electron chi connectivity index (χ1n) is 3.93. The van der Waals surface area contributed by atoms with Crippen molar-refractivity contribution in [3.05, 3.63) is 36.7 Å². The summed E-state index contributed by atoms with van der Waals surface area (Å²) >= 11 is 5.38. The number of hydrogen-bond acceptors (Lipinski definition) is 1. The molecule has 0 atom stereocenters. The summed E-state index contributed by atoms with van der Waals surface area (Å²) in [5.41, 5.74) is -0.552. The molecule has 0 unspecified atom stereocenters. The fraction of sp³-hybridized carbons (Fsp3) is 0.300. The Balaban J connectivity index is 3.11. The highest BCUT2D eigenvalue weighted by molar-refractivity contribution is 6.65. The van der Waals surface area contributed by atoms with Crippen LogP contribution in [-0.2, 0) is 4.79 Å². The van der Waals surface area contributed by atoms with Gasteiger partial charge in [-0.15, -0.1) is 0 Å². The molecule has 0 heterocycles. The predicted molar refractivity (Wildman–Crippen MR) is 51.1 cm³/mol. The summed E-state index contributed by atoms with van der Waals surface area (Å²) in [5.74, 6) is -0.512. The van der Waals surface area contributed by atoms with E-state index in [4.69, 9.17) is 11.6 Å². The lowest BCUT2D eigenvalue weighted by molar-refractivity contribution is -0.115. The van der Waals surface area contributed by atoms with Gasteiger partial charge in [-0.05, 0) is 30.5 Å². The van der Waals surface area contributed by atoms with Gasteiger partial charge in [0.2, 0.25) is 5.24 Å². The molecule has 1 aliphatic carbocycles. The molecular formula is C10H10ClFO. The van der Waals surface area contributed by atoms with Gasteiger partial charge in [0, 0.05) is 5.57 Å². The minimum absolute atomic E-state index is 0.266. The van der Waals surface area contributed by atoms with E-state index in [1.165, 1.54) is 6.08 Å². The lowest BCUT2D eigenvalue weighted by atomic mass is 9.96. The molecule has 0 N–H and O–H groups in total. The largest absolute Gasteiger partial charge is 0.280 e. The first-order valence-corrected chi connectivity index (χ1v) is 4.31. The monoisotopic (exact) mass is 200 g/mol. The van der Waals surface area contributed by atoms with Gasteiger partial charge in [0.1, 0.15) is 5.83 Å². The van der Waals surface area contributed by atoms with E-state index in [-0.39, 0.29) is 5.57 Å². The zero-order chi connectivity index (χ0) is 10.1. The van der Waals surface area contributed by atoms with E-state index >= 15 is 0 Å². The van der Waals surface area contributed by atoms with Gasteiger partial charge in [-0.1, -0.05) is 19.2 Å². The van der Waals surface area contributed by atoms with E-state index in [1.54, 1.807) is 0 Å². The van der Waals surface area contributed by atoms with Crippen LogP contribution in [-0.4, -0.2) is 5.24 Å². The third kappa shape index (κ3) is 1.59. The summed E-state index contributed by atoms with van der Waals surface area (Å²) in [6.45, 7) is 6.76. The number of rotatable bonds is 4. The summed E-state index contributed by atoms with van der Waals surface area (Å²) in [7, 11) is 0. The van der Waals surface area contributed by atoms with Crippen LogP contribution in [0.15, 0.2) is 36.7 Å². The second-order valence-corrected chi connectivity index (χ2v) is 3.37. The predicted octanol–water partition coefficient (Wildman–Crippen LogP) is 3.13. The van der Waals surface area contributed by atoms with Crippen molar-refractivity contribution in [2.45, 2.75) is 12.8 Å². The molecule has 0 aromatic heterocycles. The highest BCUT2D eigenvalue weighted by atomic mass is 35.5. The normalized spacial score (nSPS) is 20.2. The highest BCUT2D eigenvalue weighted by Gasteiger charge is 2.52. The molecule has 0 radical (unpaired) electrons. The van der Waals surface area contributed by atoms with Crippen LogP contribution < -0.4 is 0 Å². The number of carbonyl (C=O) groups is 1. The summed E-state index contributed by atoms with van der Waals surface area (Å²) < 4.78 is 13.2. The fourth-order valence-corrected chi connectivity index (χ4v) is 1.62. The highest BCUT2D eigenvalue weighted by Crippen LogP contribution is 2.55. The molecule has 0 aromatic carbocycles. The lowest BCUT2D eigenvalue weighted by Crippen LogP contribution is -2.12. The number of hydrogen-bond donors (Lipinski definition) is 0. The molecule has 1 nitrogen and oxygen atoms in total. The summed E-state index contributed by atoms with van der Waals surface area (Å²) in [6.07, 6.45) is 3.59. The molecule has 0 saturated heterocycles. The fourth-order valence-electron chi connectivity index (χ4n) is 1.33. The SMILES string of the molecule is C=C/C(F)=C(\C=C)C1(C(=O)Cl)CC1. The molecule has 0 aromatic rings. The van der Waals surface area contributed by atoms with Gasteiger partial charge >= 0.3 is 0 Å². The van der Waals surface area contributed by atoms with Gasteiger partial charge < -0.3 is 0 Å². The Morgan fingerprint density at radius 1 is 1.38 bits per heavy atom. The first kappa shape index (κ1) is 10.2. The van der Waals surface area contributed by atoms with E-state index in [1.807, 2.05) is 0 Å². The van der Waals surface area contributed by atoms with E-state index in [2.05, 4.69) is 13.2 Å². The van der Waals surface area contributed by atoms with Crippen molar-refractivity contribution < 1.29 is 9.18 Å². The van der Waals surface area contributed by atoms with Gasteiger partial charge in [-0.2, -0.15) is 0 Å². The van der Waals surface area contributed by atoms with E-state index in [9.17, 15) is 9.18 Å². The number of halogens is 2. The lowest BCUT2D eigenvalue weighted by Gasteiger charge is -2.10. The smallest absolute Gasteiger partial charge is 0.232 e. The first-order chi connectivity index (χ1) is 6.08. The molecule has 0 aliphatic heterocycles. The average Bonchev–Trinajstić information content (AvgIpc) is 2.86. The maximum atomic E-state index is 13.2. The van der Waals surface area contributed by atoms with Gasteiger partial charge in [0.25, 0.3) is 0 Å². The van der Waals surface area contributed by atoms with Crippen LogP contribution in [0.5, 0.6) is 0 Å². The van der Waals surface area contributed by atoms with Crippen molar-refractivity contribution in [1.29, 1.82) is 0 Å². The van der Waals surface area contributed by atoms with Gasteiger partial charge in [-0.3, -0.25) is 4.79 Å². The zero-order valence-electron chi connectivity index (χ0n) is 7.15. The minimum atomic E-state index is -0.818. The molecule has 1 aliphatic rings. The zero-order valence-corrected chi connectivity index (χ0v) is 7.90. The van der Waals surface area contributed by atoms with Crippen LogP contribution in [0.4, 0.5) is 4.39 Å². The topological polar surface area (TPSA) is 17.1 Å². The molecule has 1 saturated carbocycles. The Labute approximate surface area is 81.6 Å². The summed E-state index contributed by atoms with van der Waals surface area (Å²) in [5, 5.41) is -0.514. The third-order valence-electron chi connectivity index (χ3n) is 2.28. The van der Waals surface area contributed by atoms with Crippen molar-refractivity contribution in [2.75, 3.05) is 0 Å². The van der Waals surface area contributed by atoms with Crippen molar-refractivity contribution in [3.8, 4) is 0 Å². The Morgan fingerprint density at radius 3 is 2.15 bits per heavy atom. The Morgan fingerprint density at radius 2 is 1.92 bits per heavy atom. The Kier molecular flexibility index (Phi) is 2.71. The third-order valence-corrected chi connectivity index (χ3v) is 2.64. The second kappa shape index (κ2) is 3.46. The maximum absolute atomic E-state index is 13.2. The molecule has 0 spiro atoms. The molecule has 13 heavy (non-hydrogen) atoms. The molecule has 70 valence electrons. The van der Waals surface area contributed by atoms with Crippen LogP contribution in [0.25, 0.3) is 0 Å². The Bertz CT molecular complexity index is 300. The van der Waals surface area contributed by atoms with Crippen LogP contribution in [0, 0.1) is 5.41 Å².